The lowest BCUT2D eigenvalue weighted by Crippen LogP contribution is -2.52. The molecule has 1 aliphatic rings. The van der Waals surface area contributed by atoms with Crippen LogP contribution < -0.4 is 15.0 Å². The standard InChI is InChI=1S/C49H66F3N7O8/c1-13-15-16-23-64-38-22-17-30(24-36(38)49(50,51)52)25-40(60)54-39-28-37(57(12)56-39)32-26-31(14-2)41-33(27-32)29-53-42(55-41)58(43(61)65-46(3,4)5)34-18-20-35(21-19-34)59(44(62)66-47(6,7)8)45(63)67-48(9,10)11/h17,22,24,26-29,34-35H,13-16,18-21,23,25H2,1-12H3,(H,54,56,60). The van der Waals surface area contributed by atoms with Crippen molar-refractivity contribution in [3.63, 3.8) is 0 Å². The summed E-state index contributed by atoms with van der Waals surface area (Å²) in [6, 6.07) is 8.14. The number of carbonyl (C=O) groups is 4. The number of fused-ring (bicyclic) bond motifs is 1. The van der Waals surface area contributed by atoms with E-state index in [1.165, 1.54) is 17.0 Å². The Morgan fingerprint density at radius 2 is 1.39 bits per heavy atom. The highest BCUT2D eigenvalue weighted by atomic mass is 19.4. The van der Waals surface area contributed by atoms with Gasteiger partial charge in [-0.2, -0.15) is 18.3 Å². The van der Waals surface area contributed by atoms with Crippen molar-refractivity contribution in [3.8, 4) is 17.0 Å². The minimum absolute atomic E-state index is 0.130. The van der Waals surface area contributed by atoms with E-state index in [9.17, 15) is 32.3 Å². The zero-order valence-electron chi connectivity index (χ0n) is 40.9. The molecule has 0 atom stereocenters. The van der Waals surface area contributed by atoms with E-state index in [0.29, 0.717) is 55.1 Å². The second-order valence-electron chi connectivity index (χ2n) is 19.9. The predicted octanol–water partition coefficient (Wildman–Crippen LogP) is 11.6. The lowest BCUT2D eigenvalue weighted by atomic mass is 9.89. The number of halogens is 3. The van der Waals surface area contributed by atoms with Crippen LogP contribution in [0.3, 0.4) is 0 Å². The monoisotopic (exact) mass is 937 g/mol. The molecule has 1 aliphatic carbocycles. The highest BCUT2D eigenvalue weighted by Crippen LogP contribution is 2.38. The Morgan fingerprint density at radius 3 is 1.96 bits per heavy atom. The van der Waals surface area contributed by atoms with Crippen LogP contribution in [-0.2, 0) is 45.1 Å². The maximum Gasteiger partial charge on any atom is 0.420 e. The number of nitrogens with zero attached hydrogens (tertiary/aromatic N) is 6. The van der Waals surface area contributed by atoms with Crippen molar-refractivity contribution in [1.82, 2.24) is 24.6 Å². The van der Waals surface area contributed by atoms with Crippen LogP contribution in [0.2, 0.25) is 0 Å². The van der Waals surface area contributed by atoms with Gasteiger partial charge in [0.2, 0.25) is 11.9 Å². The van der Waals surface area contributed by atoms with Gasteiger partial charge in [0, 0.05) is 42.3 Å². The van der Waals surface area contributed by atoms with E-state index in [1.54, 1.807) is 86.3 Å². The molecule has 2 aromatic heterocycles. The van der Waals surface area contributed by atoms with Gasteiger partial charge < -0.3 is 24.3 Å². The number of aryl methyl sites for hydroxylation is 2. The van der Waals surface area contributed by atoms with Crippen LogP contribution in [0, 0.1) is 0 Å². The number of anilines is 2. The number of rotatable bonds is 13. The molecule has 5 rings (SSSR count). The Morgan fingerprint density at radius 1 is 0.791 bits per heavy atom. The number of aromatic nitrogens is 4. The molecule has 67 heavy (non-hydrogen) atoms. The molecule has 4 amide bonds. The van der Waals surface area contributed by atoms with E-state index >= 15 is 0 Å². The Kier molecular flexibility index (Phi) is 16.3. The summed E-state index contributed by atoms with van der Waals surface area (Å²) in [5.74, 6) is -0.473. The molecule has 15 nitrogen and oxygen atoms in total. The van der Waals surface area contributed by atoms with Gasteiger partial charge in [-0.3, -0.25) is 9.48 Å². The van der Waals surface area contributed by atoms with Gasteiger partial charge in [-0.1, -0.05) is 32.8 Å². The molecule has 18 heteroatoms. The molecule has 0 unspecified atom stereocenters. The number of hydrogen-bond donors (Lipinski definition) is 1. The summed E-state index contributed by atoms with van der Waals surface area (Å²) < 4.78 is 66.1. The largest absolute Gasteiger partial charge is 0.493 e. The SMILES string of the molecule is CCCCCOc1ccc(CC(=O)Nc2cc(-c3cc(CC)c4nc(N(C(=O)OC(C)(C)C)C5CCC(N(C(=O)OC(C)(C)C)C(=O)OC(C)(C)C)CC5)ncc4c3)n(C)n2)cc1C(F)(F)F. The number of ether oxygens (including phenoxy) is 4. The number of carbonyl (C=O) groups excluding carboxylic acids is 4. The van der Waals surface area contributed by atoms with E-state index in [2.05, 4.69) is 15.4 Å². The first-order valence-electron chi connectivity index (χ1n) is 22.9. The number of unbranched alkanes of at least 4 members (excludes halogenated alkanes) is 2. The second kappa shape index (κ2) is 20.9. The van der Waals surface area contributed by atoms with E-state index in [1.807, 2.05) is 26.0 Å². The van der Waals surface area contributed by atoms with Crippen molar-refractivity contribution in [1.29, 1.82) is 0 Å². The number of imide groups is 1. The smallest absolute Gasteiger partial charge is 0.420 e. The van der Waals surface area contributed by atoms with Crippen LogP contribution in [0.25, 0.3) is 22.2 Å². The van der Waals surface area contributed by atoms with Crippen LogP contribution in [0.5, 0.6) is 5.75 Å². The average molecular weight is 938 g/mol. The normalized spacial score (nSPS) is 15.7. The van der Waals surface area contributed by atoms with Crippen molar-refractivity contribution in [2.75, 3.05) is 16.8 Å². The predicted molar refractivity (Wildman–Crippen MR) is 249 cm³/mol. The Labute approximate surface area is 391 Å². The van der Waals surface area contributed by atoms with Crippen molar-refractivity contribution in [2.45, 2.75) is 169 Å². The molecule has 0 bridgehead atoms. The second-order valence-corrected chi connectivity index (χ2v) is 19.9. The zero-order valence-corrected chi connectivity index (χ0v) is 40.9. The number of hydrogen-bond acceptors (Lipinski definition) is 11. The first-order chi connectivity index (χ1) is 31.2. The molecule has 1 N–H and O–H groups in total. The molecule has 4 aromatic rings. The fourth-order valence-corrected chi connectivity index (χ4v) is 7.76. The maximum absolute atomic E-state index is 14.0. The van der Waals surface area contributed by atoms with Crippen LogP contribution in [0.15, 0.2) is 42.6 Å². The summed E-state index contributed by atoms with van der Waals surface area (Å²) in [6.45, 7) is 19.8. The third kappa shape index (κ3) is 14.3. The summed E-state index contributed by atoms with van der Waals surface area (Å²) in [7, 11) is 1.71. The molecular weight excluding hydrogens is 872 g/mol. The minimum atomic E-state index is -4.66. The third-order valence-corrected chi connectivity index (χ3v) is 10.7. The quantitative estimate of drug-likeness (QED) is 0.100. The van der Waals surface area contributed by atoms with Crippen LogP contribution in [-0.4, -0.2) is 84.3 Å². The van der Waals surface area contributed by atoms with Crippen molar-refractivity contribution >= 4 is 46.9 Å². The first kappa shape index (κ1) is 52.0. The van der Waals surface area contributed by atoms with Gasteiger partial charge in [-0.05, 0) is 136 Å². The molecule has 366 valence electrons. The Hall–Kier alpha value is -5.94. The van der Waals surface area contributed by atoms with Gasteiger partial charge in [0.1, 0.15) is 22.6 Å². The third-order valence-electron chi connectivity index (χ3n) is 10.7. The lowest BCUT2D eigenvalue weighted by molar-refractivity contribution is -0.139. The molecular formula is C49H66F3N7O8. The summed E-state index contributed by atoms with van der Waals surface area (Å²) in [5, 5.41) is 7.85. The van der Waals surface area contributed by atoms with Gasteiger partial charge in [0.25, 0.3) is 0 Å². The number of amides is 4. The Balaban J connectivity index is 1.38. The fourth-order valence-electron chi connectivity index (χ4n) is 7.76. The van der Waals surface area contributed by atoms with Crippen molar-refractivity contribution < 1.29 is 51.3 Å². The van der Waals surface area contributed by atoms with Crippen molar-refractivity contribution in [3.05, 3.63) is 59.3 Å². The highest BCUT2D eigenvalue weighted by Gasteiger charge is 2.42. The van der Waals surface area contributed by atoms with Gasteiger partial charge in [-0.25, -0.2) is 34.2 Å². The molecule has 1 saturated carbocycles. The fraction of sp³-hybridized carbons (Fsp3) is 0.571. The zero-order chi connectivity index (χ0) is 49.6. The van der Waals surface area contributed by atoms with E-state index in [0.717, 1.165) is 34.9 Å². The maximum atomic E-state index is 14.0. The lowest BCUT2D eigenvalue weighted by Gasteiger charge is -2.39. The molecule has 2 aromatic carbocycles. The summed E-state index contributed by atoms with van der Waals surface area (Å²) in [6.07, 6.45) is -1.25. The molecule has 1 fully saturated rings. The molecule has 0 saturated heterocycles. The average Bonchev–Trinajstić information content (AvgIpc) is 3.56. The van der Waals surface area contributed by atoms with Gasteiger partial charge in [-0.15, -0.1) is 0 Å². The molecule has 0 aliphatic heterocycles. The number of nitrogens with one attached hydrogen (secondary N) is 1. The highest BCUT2D eigenvalue weighted by molar-refractivity contribution is 5.93. The molecule has 2 heterocycles. The Bertz CT molecular complexity index is 2380. The molecule has 0 radical (unpaired) electrons. The van der Waals surface area contributed by atoms with Crippen LogP contribution >= 0.6 is 0 Å². The summed E-state index contributed by atoms with van der Waals surface area (Å²) in [4.78, 5) is 66.2. The number of benzene rings is 2. The van der Waals surface area contributed by atoms with Gasteiger partial charge in [0.05, 0.1) is 29.8 Å². The first-order valence-corrected chi connectivity index (χ1v) is 22.9. The molecule has 0 spiro atoms. The number of alkyl halides is 3. The van der Waals surface area contributed by atoms with E-state index < -0.39 is 64.8 Å². The van der Waals surface area contributed by atoms with Gasteiger partial charge >= 0.3 is 24.5 Å². The minimum Gasteiger partial charge on any atom is -0.493 e. The topological polar surface area (TPSA) is 167 Å². The van der Waals surface area contributed by atoms with Crippen LogP contribution in [0.1, 0.15) is 138 Å². The van der Waals surface area contributed by atoms with Crippen LogP contribution in [0.4, 0.5) is 39.3 Å². The summed E-state index contributed by atoms with van der Waals surface area (Å²) in [5.41, 5.74) is -0.512. The van der Waals surface area contributed by atoms with E-state index in [-0.39, 0.29) is 36.1 Å². The summed E-state index contributed by atoms with van der Waals surface area (Å²) >= 11 is 0. The van der Waals surface area contributed by atoms with E-state index in [4.69, 9.17) is 23.9 Å². The van der Waals surface area contributed by atoms with Gasteiger partial charge in [0.15, 0.2) is 5.82 Å². The van der Waals surface area contributed by atoms with Crippen molar-refractivity contribution in [2.24, 2.45) is 7.05 Å².